The van der Waals surface area contributed by atoms with Gasteiger partial charge in [0.25, 0.3) is 0 Å². The number of para-hydroxylation sites is 1. The highest BCUT2D eigenvalue weighted by Gasteiger charge is 2.16. The molecule has 1 N–H and O–H groups in total. The number of hydrogen-bond donors (Lipinski definition) is 1. The zero-order valence-corrected chi connectivity index (χ0v) is 19.2. The van der Waals surface area contributed by atoms with Crippen LogP contribution >= 0.6 is 36.4 Å². The van der Waals surface area contributed by atoms with Crippen molar-refractivity contribution in [2.24, 2.45) is 0 Å². The molecule has 29 heavy (non-hydrogen) atoms. The van der Waals surface area contributed by atoms with E-state index in [9.17, 15) is 4.79 Å². The molecule has 0 radical (unpaired) electrons. The minimum absolute atomic E-state index is 0. The molecule has 0 bridgehead atoms. The molecule has 160 valence electrons. The molecular formula is C22H30Cl3N3O. The van der Waals surface area contributed by atoms with Gasteiger partial charge in [-0.3, -0.25) is 9.69 Å². The lowest BCUT2D eigenvalue weighted by molar-refractivity contribution is -0.117. The van der Waals surface area contributed by atoms with Crippen LogP contribution in [0, 0.1) is 6.92 Å². The number of nitrogens with one attached hydrogen (secondary N) is 1. The molecule has 2 aromatic carbocycles. The van der Waals surface area contributed by atoms with Gasteiger partial charge in [-0.25, -0.2) is 0 Å². The van der Waals surface area contributed by atoms with E-state index in [0.717, 1.165) is 35.9 Å². The Kier molecular flexibility index (Phi) is 11.6. The topological polar surface area (TPSA) is 35.6 Å². The number of hydrogen-bond acceptors (Lipinski definition) is 3. The Morgan fingerprint density at radius 3 is 2.38 bits per heavy atom. The first-order chi connectivity index (χ1) is 13.1. The van der Waals surface area contributed by atoms with Crippen LogP contribution in [0.25, 0.3) is 0 Å². The SMILES string of the molecule is Cc1ccccc1NC(=O)CN(CCN1CCCC1)Cc1ccc(Cl)cc1.Cl.Cl. The Morgan fingerprint density at radius 2 is 1.72 bits per heavy atom. The molecule has 1 amide bonds. The molecule has 1 fully saturated rings. The molecule has 1 saturated heterocycles. The highest BCUT2D eigenvalue weighted by atomic mass is 35.5. The van der Waals surface area contributed by atoms with E-state index in [-0.39, 0.29) is 30.7 Å². The number of likely N-dealkylation sites (tertiary alicyclic amines) is 1. The summed E-state index contributed by atoms with van der Waals surface area (Å²) in [5, 5.41) is 3.78. The Hall–Kier alpha value is -1.30. The molecule has 7 heteroatoms. The summed E-state index contributed by atoms with van der Waals surface area (Å²) >= 11 is 6.00. The van der Waals surface area contributed by atoms with Crippen LogP contribution in [0.4, 0.5) is 5.69 Å². The molecule has 1 aliphatic rings. The molecule has 0 saturated carbocycles. The molecule has 0 aromatic heterocycles. The van der Waals surface area contributed by atoms with Gasteiger partial charge in [-0.15, -0.1) is 24.8 Å². The minimum atomic E-state index is 0. The van der Waals surface area contributed by atoms with Crippen LogP contribution < -0.4 is 5.32 Å². The lowest BCUT2D eigenvalue weighted by Crippen LogP contribution is -2.38. The summed E-state index contributed by atoms with van der Waals surface area (Å²) in [4.78, 5) is 17.3. The van der Waals surface area contributed by atoms with Gasteiger partial charge < -0.3 is 10.2 Å². The number of rotatable bonds is 8. The number of amides is 1. The molecular weight excluding hydrogens is 429 g/mol. The van der Waals surface area contributed by atoms with Gasteiger partial charge in [0.2, 0.25) is 5.91 Å². The average Bonchev–Trinajstić information content (AvgIpc) is 3.17. The fourth-order valence-electron chi connectivity index (χ4n) is 3.46. The first-order valence-corrected chi connectivity index (χ1v) is 10.0. The van der Waals surface area contributed by atoms with Crippen molar-refractivity contribution in [1.29, 1.82) is 0 Å². The van der Waals surface area contributed by atoms with Gasteiger partial charge in [0.05, 0.1) is 6.54 Å². The van der Waals surface area contributed by atoms with E-state index in [2.05, 4.69) is 15.1 Å². The van der Waals surface area contributed by atoms with Crippen molar-refractivity contribution in [1.82, 2.24) is 9.80 Å². The maximum atomic E-state index is 12.6. The van der Waals surface area contributed by atoms with Gasteiger partial charge in [0.15, 0.2) is 0 Å². The van der Waals surface area contributed by atoms with E-state index >= 15 is 0 Å². The number of benzene rings is 2. The summed E-state index contributed by atoms with van der Waals surface area (Å²) < 4.78 is 0. The first kappa shape index (κ1) is 25.7. The number of anilines is 1. The van der Waals surface area contributed by atoms with Crippen molar-refractivity contribution in [3.63, 3.8) is 0 Å². The predicted molar refractivity (Wildman–Crippen MR) is 127 cm³/mol. The first-order valence-electron chi connectivity index (χ1n) is 9.65. The van der Waals surface area contributed by atoms with Crippen LogP contribution in [-0.2, 0) is 11.3 Å². The van der Waals surface area contributed by atoms with E-state index in [1.807, 2.05) is 55.5 Å². The van der Waals surface area contributed by atoms with Crippen LogP contribution in [0.15, 0.2) is 48.5 Å². The lowest BCUT2D eigenvalue weighted by Gasteiger charge is -2.25. The molecule has 1 aliphatic heterocycles. The number of nitrogens with zero attached hydrogens (tertiary/aromatic N) is 2. The van der Waals surface area contributed by atoms with Gasteiger partial charge in [-0.05, 0) is 62.2 Å². The van der Waals surface area contributed by atoms with Crippen molar-refractivity contribution >= 4 is 48.0 Å². The van der Waals surface area contributed by atoms with Crippen LogP contribution in [0.3, 0.4) is 0 Å². The van der Waals surface area contributed by atoms with Crippen LogP contribution in [0.2, 0.25) is 5.02 Å². The number of halogens is 3. The Balaban J connectivity index is 0.00000210. The highest BCUT2D eigenvalue weighted by molar-refractivity contribution is 6.30. The standard InChI is InChI=1S/C22H28ClN3O.2ClH/c1-18-6-2-3-7-21(18)24-22(27)17-26(15-14-25-12-4-5-13-25)16-19-8-10-20(23)11-9-19;;/h2-3,6-11H,4-5,12-17H2,1H3,(H,24,27);2*1H. The maximum absolute atomic E-state index is 12.6. The third kappa shape index (κ3) is 8.53. The van der Waals surface area contributed by atoms with Gasteiger partial charge >= 0.3 is 0 Å². The summed E-state index contributed by atoms with van der Waals surface area (Å²) in [7, 11) is 0. The van der Waals surface area contributed by atoms with Gasteiger partial charge in [0.1, 0.15) is 0 Å². The van der Waals surface area contributed by atoms with Crippen molar-refractivity contribution < 1.29 is 4.79 Å². The lowest BCUT2D eigenvalue weighted by atomic mass is 10.2. The zero-order valence-electron chi connectivity index (χ0n) is 16.8. The van der Waals surface area contributed by atoms with Crippen molar-refractivity contribution in [2.45, 2.75) is 26.3 Å². The number of carbonyl (C=O) groups is 1. The van der Waals surface area contributed by atoms with Crippen molar-refractivity contribution in [3.05, 3.63) is 64.7 Å². The zero-order chi connectivity index (χ0) is 19.1. The molecule has 0 unspecified atom stereocenters. The van der Waals surface area contributed by atoms with Gasteiger partial charge in [-0.2, -0.15) is 0 Å². The van der Waals surface area contributed by atoms with E-state index < -0.39 is 0 Å². The molecule has 3 rings (SSSR count). The van der Waals surface area contributed by atoms with E-state index in [0.29, 0.717) is 6.54 Å². The predicted octanol–water partition coefficient (Wildman–Crippen LogP) is 5.03. The summed E-state index contributed by atoms with van der Waals surface area (Å²) in [5.41, 5.74) is 3.13. The summed E-state index contributed by atoms with van der Waals surface area (Å²) in [6, 6.07) is 15.8. The molecule has 2 aromatic rings. The van der Waals surface area contributed by atoms with Crippen molar-refractivity contribution in [3.8, 4) is 0 Å². The van der Waals surface area contributed by atoms with Gasteiger partial charge in [-0.1, -0.05) is 41.9 Å². The average molecular weight is 459 g/mol. The summed E-state index contributed by atoms with van der Waals surface area (Å²) in [6.45, 7) is 7.36. The maximum Gasteiger partial charge on any atom is 0.238 e. The smallest absolute Gasteiger partial charge is 0.238 e. The highest BCUT2D eigenvalue weighted by Crippen LogP contribution is 2.15. The Bertz CT molecular complexity index is 749. The molecule has 0 atom stereocenters. The summed E-state index contributed by atoms with van der Waals surface area (Å²) in [6.07, 6.45) is 2.57. The molecule has 0 spiro atoms. The molecule has 0 aliphatic carbocycles. The quantitative estimate of drug-likeness (QED) is 0.603. The van der Waals surface area contributed by atoms with E-state index in [1.54, 1.807) is 0 Å². The van der Waals surface area contributed by atoms with E-state index in [1.165, 1.54) is 31.5 Å². The second kappa shape index (κ2) is 13.1. The number of aryl methyl sites for hydroxylation is 1. The van der Waals surface area contributed by atoms with Crippen LogP contribution in [-0.4, -0.2) is 48.4 Å². The second-order valence-corrected chi connectivity index (χ2v) is 7.69. The van der Waals surface area contributed by atoms with Crippen LogP contribution in [0.5, 0.6) is 0 Å². The normalized spacial score (nSPS) is 13.6. The second-order valence-electron chi connectivity index (χ2n) is 7.25. The van der Waals surface area contributed by atoms with Crippen molar-refractivity contribution in [2.75, 3.05) is 38.0 Å². The third-order valence-corrected chi connectivity index (χ3v) is 5.29. The fourth-order valence-corrected chi connectivity index (χ4v) is 3.58. The Morgan fingerprint density at radius 1 is 1.07 bits per heavy atom. The fraction of sp³-hybridized carbons (Fsp3) is 0.409. The van der Waals surface area contributed by atoms with Crippen LogP contribution in [0.1, 0.15) is 24.0 Å². The Labute approximate surface area is 191 Å². The summed E-state index contributed by atoms with van der Waals surface area (Å²) in [5.74, 6) is 0.0275. The third-order valence-electron chi connectivity index (χ3n) is 5.04. The molecule has 4 nitrogen and oxygen atoms in total. The van der Waals surface area contributed by atoms with E-state index in [4.69, 9.17) is 11.6 Å². The monoisotopic (exact) mass is 457 g/mol. The van der Waals surface area contributed by atoms with Gasteiger partial charge in [0, 0.05) is 30.3 Å². The number of carbonyl (C=O) groups excluding carboxylic acids is 1. The largest absolute Gasteiger partial charge is 0.325 e. The molecule has 1 heterocycles. The minimum Gasteiger partial charge on any atom is -0.325 e.